The summed E-state index contributed by atoms with van der Waals surface area (Å²) in [5.41, 5.74) is 1.48. The van der Waals surface area contributed by atoms with Gasteiger partial charge in [-0.1, -0.05) is 31.0 Å². The highest BCUT2D eigenvalue weighted by atomic mass is 19.4. The van der Waals surface area contributed by atoms with Gasteiger partial charge in [-0.05, 0) is 42.7 Å². The van der Waals surface area contributed by atoms with Gasteiger partial charge in [-0.3, -0.25) is 9.59 Å². The third kappa shape index (κ3) is 5.50. The van der Waals surface area contributed by atoms with Gasteiger partial charge >= 0.3 is 12.2 Å². The molecule has 41 heavy (non-hydrogen) atoms. The van der Waals surface area contributed by atoms with Crippen molar-refractivity contribution in [2.24, 2.45) is 5.41 Å². The largest absolute Gasteiger partial charge is 0.451 e. The number of hydrogen-bond donors (Lipinski definition) is 1. The van der Waals surface area contributed by atoms with Crippen molar-refractivity contribution in [3.05, 3.63) is 41.5 Å². The number of alkyl halides is 3. The lowest BCUT2D eigenvalue weighted by Gasteiger charge is -2.41. The van der Waals surface area contributed by atoms with Gasteiger partial charge in [0.25, 0.3) is 0 Å². The van der Waals surface area contributed by atoms with E-state index in [1.807, 2.05) is 34.1 Å². The standard InChI is InChI=1S/C28H34F3N7O3/c29-28(30,31)25-34-33-22-18-36(13-14-37(22)25)24(40)16-27(9-3-4-10-27)15-23(39)35-11-7-20(8-12-35)38-17-19-5-1-2-6-21(19)32-26(38)41/h1-2,5-6,20H,3-4,7-18H2,(H,32,41). The van der Waals surface area contributed by atoms with Crippen LogP contribution in [0.3, 0.4) is 0 Å². The number of para-hydroxylation sites is 1. The molecule has 0 unspecified atom stereocenters. The van der Waals surface area contributed by atoms with E-state index in [-0.39, 0.29) is 62.2 Å². The van der Waals surface area contributed by atoms with E-state index < -0.39 is 17.4 Å². The molecular formula is C28H34F3N7O3. The van der Waals surface area contributed by atoms with Crippen LogP contribution in [0.15, 0.2) is 24.3 Å². The summed E-state index contributed by atoms with van der Waals surface area (Å²) in [6, 6.07) is 7.71. The Labute approximate surface area is 235 Å². The van der Waals surface area contributed by atoms with Crippen LogP contribution in [0.1, 0.15) is 68.6 Å². The molecule has 6 rings (SSSR count). The zero-order valence-corrected chi connectivity index (χ0v) is 22.8. The smallest absolute Gasteiger partial charge is 0.343 e. The Morgan fingerprint density at radius 3 is 2.32 bits per heavy atom. The highest BCUT2D eigenvalue weighted by molar-refractivity contribution is 5.92. The van der Waals surface area contributed by atoms with Crippen LogP contribution in [0.2, 0.25) is 0 Å². The summed E-state index contributed by atoms with van der Waals surface area (Å²) in [5, 5.41) is 9.94. The summed E-state index contributed by atoms with van der Waals surface area (Å²) < 4.78 is 40.6. The lowest BCUT2D eigenvalue weighted by atomic mass is 9.78. The van der Waals surface area contributed by atoms with Crippen LogP contribution in [0, 0.1) is 5.41 Å². The topological polar surface area (TPSA) is 104 Å². The number of halogens is 3. The lowest BCUT2D eigenvalue weighted by Crippen LogP contribution is -2.51. The minimum atomic E-state index is -4.59. The highest BCUT2D eigenvalue weighted by Crippen LogP contribution is 2.45. The van der Waals surface area contributed by atoms with Gasteiger partial charge < -0.3 is 24.6 Å². The molecule has 4 aliphatic rings. The molecule has 2 fully saturated rings. The average molecular weight is 574 g/mol. The summed E-state index contributed by atoms with van der Waals surface area (Å²) in [5.74, 6) is -1.04. The van der Waals surface area contributed by atoms with Gasteiger partial charge in [0, 0.05) is 57.3 Å². The number of fused-ring (bicyclic) bond motifs is 2. The molecule has 0 radical (unpaired) electrons. The molecule has 2 aromatic rings. The van der Waals surface area contributed by atoms with Crippen molar-refractivity contribution in [3.8, 4) is 0 Å². The Morgan fingerprint density at radius 2 is 1.61 bits per heavy atom. The van der Waals surface area contributed by atoms with Crippen molar-refractivity contribution in [2.75, 3.05) is 25.0 Å². The molecule has 1 aromatic heterocycles. The average Bonchev–Trinajstić information content (AvgIpc) is 3.59. The molecule has 13 heteroatoms. The Balaban J connectivity index is 1.04. The van der Waals surface area contributed by atoms with Crippen molar-refractivity contribution in [1.82, 2.24) is 29.5 Å². The normalized spacial score (nSPS) is 21.0. The number of benzene rings is 1. The molecule has 0 bridgehead atoms. The summed E-state index contributed by atoms with van der Waals surface area (Å²) in [6.45, 7) is 1.79. The predicted molar refractivity (Wildman–Crippen MR) is 141 cm³/mol. The number of piperidine rings is 1. The van der Waals surface area contributed by atoms with Crippen LogP contribution in [0.4, 0.5) is 23.7 Å². The van der Waals surface area contributed by atoms with E-state index in [2.05, 4.69) is 15.5 Å². The van der Waals surface area contributed by atoms with Crippen LogP contribution in [-0.4, -0.2) is 73.0 Å². The lowest BCUT2D eigenvalue weighted by molar-refractivity contribution is -0.148. The molecule has 1 saturated heterocycles. The molecule has 0 spiro atoms. The van der Waals surface area contributed by atoms with Crippen LogP contribution in [-0.2, 0) is 35.4 Å². The second-order valence-corrected chi connectivity index (χ2v) is 11.8. The van der Waals surface area contributed by atoms with E-state index in [9.17, 15) is 27.6 Å². The molecule has 220 valence electrons. The Bertz CT molecular complexity index is 1330. The minimum absolute atomic E-state index is 0.00951. The fourth-order valence-corrected chi connectivity index (χ4v) is 6.93. The van der Waals surface area contributed by atoms with Crippen LogP contribution < -0.4 is 5.32 Å². The van der Waals surface area contributed by atoms with E-state index in [1.54, 1.807) is 4.90 Å². The number of aromatic nitrogens is 3. The first-order chi connectivity index (χ1) is 19.6. The molecule has 0 atom stereocenters. The number of nitrogens with one attached hydrogen (secondary N) is 1. The molecule has 1 N–H and O–H groups in total. The van der Waals surface area contributed by atoms with Crippen molar-refractivity contribution in [2.45, 2.75) is 83.2 Å². The van der Waals surface area contributed by atoms with E-state index in [0.717, 1.165) is 41.5 Å². The van der Waals surface area contributed by atoms with Gasteiger partial charge in [0.2, 0.25) is 17.6 Å². The molecule has 4 amide bonds. The minimum Gasteiger partial charge on any atom is -0.343 e. The Morgan fingerprint density at radius 1 is 0.927 bits per heavy atom. The molecule has 1 saturated carbocycles. The van der Waals surface area contributed by atoms with Gasteiger partial charge in [-0.2, -0.15) is 13.2 Å². The molecule has 3 aliphatic heterocycles. The SMILES string of the molecule is O=C(CC1(CC(=O)N2CCn3c(nnc3C(F)(F)F)C2)CCCC1)N1CCC(N2Cc3ccccc3NC2=O)CC1. The summed E-state index contributed by atoms with van der Waals surface area (Å²) >= 11 is 0. The zero-order chi connectivity index (χ0) is 28.8. The van der Waals surface area contributed by atoms with Gasteiger partial charge in [0.05, 0.1) is 6.54 Å². The number of rotatable bonds is 5. The number of urea groups is 1. The number of hydrogen-bond acceptors (Lipinski definition) is 5. The number of carbonyl (C=O) groups is 3. The maximum Gasteiger partial charge on any atom is 0.451 e. The van der Waals surface area contributed by atoms with E-state index in [0.29, 0.717) is 32.5 Å². The van der Waals surface area contributed by atoms with E-state index >= 15 is 0 Å². The third-order valence-corrected chi connectivity index (χ3v) is 9.19. The summed E-state index contributed by atoms with van der Waals surface area (Å²) in [7, 11) is 0. The fraction of sp³-hybridized carbons (Fsp3) is 0.607. The van der Waals surface area contributed by atoms with E-state index in [1.165, 1.54) is 0 Å². The summed E-state index contributed by atoms with van der Waals surface area (Å²) in [6.07, 6.45) is 0.711. The van der Waals surface area contributed by atoms with Gasteiger partial charge in [-0.15, -0.1) is 10.2 Å². The quantitative estimate of drug-likeness (QED) is 0.582. The predicted octanol–water partition coefficient (Wildman–Crippen LogP) is 4.02. The zero-order valence-electron chi connectivity index (χ0n) is 22.8. The molecular weight excluding hydrogens is 539 g/mol. The van der Waals surface area contributed by atoms with Gasteiger partial charge in [-0.25, -0.2) is 4.79 Å². The van der Waals surface area contributed by atoms with Crippen LogP contribution in [0.25, 0.3) is 0 Å². The number of likely N-dealkylation sites (tertiary alicyclic amines) is 1. The van der Waals surface area contributed by atoms with Gasteiger partial charge in [0.1, 0.15) is 0 Å². The van der Waals surface area contributed by atoms with Crippen molar-refractivity contribution >= 4 is 23.5 Å². The molecule has 1 aliphatic carbocycles. The maximum atomic E-state index is 13.5. The third-order valence-electron chi connectivity index (χ3n) is 9.19. The fourth-order valence-electron chi connectivity index (χ4n) is 6.93. The Kier molecular flexibility index (Phi) is 7.14. The number of amides is 4. The second kappa shape index (κ2) is 10.6. The first-order valence-electron chi connectivity index (χ1n) is 14.3. The van der Waals surface area contributed by atoms with Crippen molar-refractivity contribution in [3.63, 3.8) is 0 Å². The Hall–Kier alpha value is -3.64. The molecule has 4 heterocycles. The first kappa shape index (κ1) is 27.5. The first-order valence-corrected chi connectivity index (χ1v) is 14.3. The number of anilines is 1. The molecule has 10 nitrogen and oxygen atoms in total. The second-order valence-electron chi connectivity index (χ2n) is 11.8. The molecule has 1 aromatic carbocycles. The number of carbonyl (C=O) groups excluding carboxylic acids is 3. The van der Waals surface area contributed by atoms with Crippen LogP contribution >= 0.6 is 0 Å². The number of nitrogens with zero attached hydrogens (tertiary/aromatic N) is 6. The van der Waals surface area contributed by atoms with Crippen molar-refractivity contribution in [1.29, 1.82) is 0 Å². The maximum absolute atomic E-state index is 13.5. The monoisotopic (exact) mass is 573 g/mol. The highest BCUT2D eigenvalue weighted by Gasteiger charge is 2.43. The van der Waals surface area contributed by atoms with Gasteiger partial charge in [0.15, 0.2) is 5.82 Å². The van der Waals surface area contributed by atoms with Crippen molar-refractivity contribution < 1.29 is 27.6 Å². The summed E-state index contributed by atoms with van der Waals surface area (Å²) in [4.78, 5) is 44.8. The van der Waals surface area contributed by atoms with E-state index in [4.69, 9.17) is 0 Å². The van der Waals surface area contributed by atoms with Crippen LogP contribution in [0.5, 0.6) is 0 Å².